The summed E-state index contributed by atoms with van der Waals surface area (Å²) in [6, 6.07) is 4.21. The van der Waals surface area contributed by atoms with E-state index in [2.05, 4.69) is 36.3 Å². The van der Waals surface area contributed by atoms with Crippen LogP contribution in [-0.4, -0.2) is 19.1 Å². The number of aryl methyl sites for hydroxylation is 3. The van der Waals surface area contributed by atoms with Crippen LogP contribution in [0.2, 0.25) is 0 Å². The van der Waals surface area contributed by atoms with E-state index in [4.69, 9.17) is 4.74 Å². The summed E-state index contributed by atoms with van der Waals surface area (Å²) in [6.45, 7) is 6.19. The molecule has 1 aromatic carbocycles. The Kier molecular flexibility index (Phi) is 3.57. The van der Waals surface area contributed by atoms with Crippen LogP contribution in [0.4, 0.5) is 5.00 Å². The van der Waals surface area contributed by atoms with Gasteiger partial charge in [0.25, 0.3) is 0 Å². The number of thiazole rings is 1. The zero-order valence-corrected chi connectivity index (χ0v) is 12.2. The Morgan fingerprint density at radius 2 is 1.94 bits per heavy atom. The molecule has 0 radical (unpaired) electrons. The fourth-order valence-corrected chi connectivity index (χ4v) is 3.13. The van der Waals surface area contributed by atoms with Crippen molar-refractivity contribution in [1.29, 1.82) is 0 Å². The third kappa shape index (κ3) is 2.20. The maximum Gasteiger partial charge on any atom is 0.129 e. The average molecular weight is 262 g/mol. The highest BCUT2D eigenvalue weighted by Crippen LogP contribution is 2.39. The van der Waals surface area contributed by atoms with Gasteiger partial charge in [-0.2, -0.15) is 0 Å². The van der Waals surface area contributed by atoms with Crippen LogP contribution in [0.25, 0.3) is 10.6 Å². The van der Waals surface area contributed by atoms with Gasteiger partial charge in [0, 0.05) is 7.05 Å². The molecule has 4 heteroatoms. The molecule has 0 aliphatic carbocycles. The lowest BCUT2D eigenvalue weighted by Crippen LogP contribution is -1.92. The van der Waals surface area contributed by atoms with Crippen LogP contribution in [0.15, 0.2) is 12.1 Å². The van der Waals surface area contributed by atoms with Gasteiger partial charge in [-0.3, -0.25) is 0 Å². The second-order valence-electron chi connectivity index (χ2n) is 4.34. The Bertz CT molecular complexity index is 575. The Morgan fingerprint density at radius 1 is 1.22 bits per heavy atom. The monoisotopic (exact) mass is 262 g/mol. The van der Waals surface area contributed by atoms with E-state index in [1.165, 1.54) is 11.1 Å². The lowest BCUT2D eigenvalue weighted by Gasteiger charge is -2.10. The summed E-state index contributed by atoms with van der Waals surface area (Å²) >= 11 is 1.66. The van der Waals surface area contributed by atoms with E-state index in [0.717, 1.165) is 27.0 Å². The predicted molar refractivity (Wildman–Crippen MR) is 77.9 cm³/mol. The lowest BCUT2D eigenvalue weighted by atomic mass is 10.0. The van der Waals surface area contributed by atoms with E-state index >= 15 is 0 Å². The SMILES string of the molecule is CNc1sc(-c2c(C)cc(C)cc2OC)nc1C. The number of anilines is 1. The van der Waals surface area contributed by atoms with Crippen LogP contribution in [0.1, 0.15) is 16.8 Å². The molecule has 0 saturated heterocycles. The van der Waals surface area contributed by atoms with Crippen LogP contribution in [0.3, 0.4) is 0 Å². The van der Waals surface area contributed by atoms with E-state index in [9.17, 15) is 0 Å². The van der Waals surface area contributed by atoms with E-state index in [0.29, 0.717) is 0 Å². The van der Waals surface area contributed by atoms with Crippen LogP contribution >= 0.6 is 11.3 Å². The molecule has 0 bridgehead atoms. The smallest absolute Gasteiger partial charge is 0.129 e. The van der Waals surface area contributed by atoms with Gasteiger partial charge in [0.2, 0.25) is 0 Å². The number of benzene rings is 1. The minimum absolute atomic E-state index is 0.893. The number of methoxy groups -OCH3 is 1. The molecule has 0 amide bonds. The number of rotatable bonds is 3. The summed E-state index contributed by atoms with van der Waals surface area (Å²) in [5.41, 5.74) is 4.52. The molecule has 0 unspecified atom stereocenters. The molecule has 0 spiro atoms. The number of nitrogens with zero attached hydrogens (tertiary/aromatic N) is 1. The maximum absolute atomic E-state index is 5.49. The molecule has 1 aromatic heterocycles. The predicted octanol–water partition coefficient (Wildman–Crippen LogP) is 3.79. The minimum atomic E-state index is 0.893. The van der Waals surface area contributed by atoms with Crippen molar-refractivity contribution in [2.45, 2.75) is 20.8 Å². The fourth-order valence-electron chi connectivity index (χ4n) is 2.10. The van der Waals surface area contributed by atoms with Gasteiger partial charge in [-0.15, -0.1) is 0 Å². The minimum Gasteiger partial charge on any atom is -0.496 e. The molecular formula is C14H18N2OS. The largest absolute Gasteiger partial charge is 0.496 e. The molecule has 96 valence electrons. The van der Waals surface area contributed by atoms with Gasteiger partial charge in [-0.1, -0.05) is 17.4 Å². The molecule has 18 heavy (non-hydrogen) atoms. The summed E-state index contributed by atoms with van der Waals surface area (Å²) in [5, 5.41) is 5.28. The molecule has 0 aliphatic heterocycles. The molecule has 0 fully saturated rings. The van der Waals surface area contributed by atoms with Gasteiger partial charge in [0.15, 0.2) is 0 Å². The lowest BCUT2D eigenvalue weighted by molar-refractivity contribution is 0.416. The topological polar surface area (TPSA) is 34.1 Å². The zero-order valence-electron chi connectivity index (χ0n) is 11.4. The second kappa shape index (κ2) is 4.98. The van der Waals surface area contributed by atoms with Gasteiger partial charge < -0.3 is 10.1 Å². The van der Waals surface area contributed by atoms with Crippen LogP contribution in [-0.2, 0) is 0 Å². The molecule has 0 atom stereocenters. The maximum atomic E-state index is 5.49. The van der Waals surface area contributed by atoms with E-state index in [1.807, 2.05) is 14.0 Å². The normalized spacial score (nSPS) is 10.5. The summed E-state index contributed by atoms with van der Waals surface area (Å²) in [7, 11) is 3.63. The third-order valence-corrected chi connectivity index (χ3v) is 4.09. The summed E-state index contributed by atoms with van der Waals surface area (Å²) in [5.74, 6) is 0.893. The molecule has 0 aliphatic rings. The average Bonchev–Trinajstić information content (AvgIpc) is 2.68. The number of ether oxygens (including phenoxy) is 1. The molecule has 0 saturated carbocycles. The van der Waals surface area contributed by atoms with Gasteiger partial charge in [-0.05, 0) is 38.0 Å². The molecule has 1 heterocycles. The molecule has 2 aromatic rings. The molecule has 1 N–H and O–H groups in total. The van der Waals surface area contributed by atoms with Gasteiger partial charge in [0.05, 0.1) is 18.4 Å². The van der Waals surface area contributed by atoms with Crippen molar-refractivity contribution in [1.82, 2.24) is 4.98 Å². The van der Waals surface area contributed by atoms with Gasteiger partial charge in [-0.25, -0.2) is 4.98 Å². The first-order valence-corrected chi connectivity index (χ1v) is 6.69. The highest BCUT2D eigenvalue weighted by Gasteiger charge is 2.15. The molecule has 2 rings (SSSR count). The van der Waals surface area contributed by atoms with Crippen molar-refractivity contribution < 1.29 is 4.74 Å². The van der Waals surface area contributed by atoms with Crippen LogP contribution in [0.5, 0.6) is 5.75 Å². The quantitative estimate of drug-likeness (QED) is 0.914. The van der Waals surface area contributed by atoms with E-state index in [1.54, 1.807) is 18.4 Å². The number of hydrogen-bond acceptors (Lipinski definition) is 4. The summed E-state index contributed by atoms with van der Waals surface area (Å²) in [6.07, 6.45) is 0. The summed E-state index contributed by atoms with van der Waals surface area (Å²) < 4.78 is 5.49. The highest BCUT2D eigenvalue weighted by atomic mass is 32.1. The Hall–Kier alpha value is -1.55. The van der Waals surface area contributed by atoms with Crippen molar-refractivity contribution in [3.8, 4) is 16.3 Å². The van der Waals surface area contributed by atoms with E-state index in [-0.39, 0.29) is 0 Å². The van der Waals surface area contributed by atoms with Gasteiger partial charge in [0.1, 0.15) is 15.8 Å². The first-order valence-electron chi connectivity index (χ1n) is 5.87. The van der Waals surface area contributed by atoms with Crippen molar-refractivity contribution in [3.05, 3.63) is 29.0 Å². The van der Waals surface area contributed by atoms with E-state index < -0.39 is 0 Å². The second-order valence-corrected chi connectivity index (χ2v) is 5.34. The zero-order chi connectivity index (χ0) is 13.3. The van der Waals surface area contributed by atoms with Crippen LogP contribution < -0.4 is 10.1 Å². The van der Waals surface area contributed by atoms with Crippen molar-refractivity contribution >= 4 is 16.3 Å². The first-order chi connectivity index (χ1) is 8.56. The third-order valence-electron chi connectivity index (χ3n) is 2.90. The summed E-state index contributed by atoms with van der Waals surface area (Å²) in [4.78, 5) is 4.63. The Labute approximate surface area is 112 Å². The van der Waals surface area contributed by atoms with Crippen LogP contribution in [0, 0.1) is 20.8 Å². The fraction of sp³-hybridized carbons (Fsp3) is 0.357. The molecule has 3 nitrogen and oxygen atoms in total. The first kappa shape index (κ1) is 12.9. The standard InChI is InChI=1S/C14H18N2OS/c1-8-6-9(2)12(11(7-8)17-5)14-16-10(3)13(15-4)18-14/h6-7,15H,1-5H3. The highest BCUT2D eigenvalue weighted by molar-refractivity contribution is 7.19. The van der Waals surface area contributed by atoms with Gasteiger partial charge >= 0.3 is 0 Å². The van der Waals surface area contributed by atoms with Crippen molar-refractivity contribution in [2.24, 2.45) is 0 Å². The van der Waals surface area contributed by atoms with Crippen molar-refractivity contribution in [2.75, 3.05) is 19.5 Å². The number of aromatic nitrogens is 1. The Balaban J connectivity index is 2.62. The molecular weight excluding hydrogens is 244 g/mol. The number of hydrogen-bond donors (Lipinski definition) is 1. The van der Waals surface area contributed by atoms with Crippen molar-refractivity contribution in [3.63, 3.8) is 0 Å². The Morgan fingerprint density at radius 3 is 2.50 bits per heavy atom. The number of nitrogens with one attached hydrogen (secondary N) is 1.